The van der Waals surface area contributed by atoms with Crippen molar-refractivity contribution in [3.63, 3.8) is 0 Å². The second-order valence-electron chi connectivity index (χ2n) is 3.15. The molecule has 0 saturated heterocycles. The Morgan fingerprint density at radius 2 is 1.73 bits per heavy atom. The van der Waals surface area contributed by atoms with Crippen molar-refractivity contribution < 1.29 is 4.79 Å². The van der Waals surface area contributed by atoms with Crippen molar-refractivity contribution >= 4 is 5.91 Å². The summed E-state index contributed by atoms with van der Waals surface area (Å²) in [6.45, 7) is 0. The molecule has 0 aliphatic rings. The van der Waals surface area contributed by atoms with Crippen LogP contribution in [0.4, 0.5) is 0 Å². The SMILES string of the molecule is NC(=O)c1ccccc1-c1ccncc1. The molecule has 0 radical (unpaired) electrons. The van der Waals surface area contributed by atoms with Crippen molar-refractivity contribution in [1.29, 1.82) is 0 Å². The Bertz CT molecular complexity index is 480. The van der Waals surface area contributed by atoms with Gasteiger partial charge in [-0.25, -0.2) is 0 Å². The number of carbonyl (C=O) groups excluding carboxylic acids is 1. The Morgan fingerprint density at radius 3 is 2.40 bits per heavy atom. The minimum atomic E-state index is -0.414. The lowest BCUT2D eigenvalue weighted by atomic mass is 10.0. The molecule has 1 aromatic heterocycles. The van der Waals surface area contributed by atoms with Crippen molar-refractivity contribution in [2.45, 2.75) is 0 Å². The van der Waals surface area contributed by atoms with Crippen molar-refractivity contribution in [3.8, 4) is 11.1 Å². The van der Waals surface area contributed by atoms with E-state index in [9.17, 15) is 4.79 Å². The number of primary amides is 1. The van der Waals surface area contributed by atoms with Crippen LogP contribution in [0.5, 0.6) is 0 Å². The van der Waals surface area contributed by atoms with Gasteiger partial charge >= 0.3 is 0 Å². The van der Waals surface area contributed by atoms with Gasteiger partial charge in [-0.1, -0.05) is 18.2 Å². The summed E-state index contributed by atoms with van der Waals surface area (Å²) in [4.78, 5) is 15.1. The number of hydrogen-bond acceptors (Lipinski definition) is 2. The largest absolute Gasteiger partial charge is 0.366 e. The second-order valence-corrected chi connectivity index (χ2v) is 3.15. The van der Waals surface area contributed by atoms with E-state index in [0.29, 0.717) is 5.56 Å². The van der Waals surface area contributed by atoms with E-state index in [1.54, 1.807) is 24.5 Å². The van der Waals surface area contributed by atoms with Crippen LogP contribution in [0.15, 0.2) is 48.8 Å². The Balaban J connectivity index is 2.58. The summed E-state index contributed by atoms with van der Waals surface area (Å²) in [6.07, 6.45) is 3.38. The lowest BCUT2D eigenvalue weighted by Crippen LogP contribution is -2.12. The Labute approximate surface area is 87.6 Å². The summed E-state index contributed by atoms with van der Waals surface area (Å²) in [5.74, 6) is -0.414. The molecule has 15 heavy (non-hydrogen) atoms. The van der Waals surface area contributed by atoms with E-state index in [-0.39, 0.29) is 0 Å². The highest BCUT2D eigenvalue weighted by Gasteiger charge is 2.07. The Morgan fingerprint density at radius 1 is 1.07 bits per heavy atom. The maximum absolute atomic E-state index is 11.2. The molecule has 1 amide bonds. The number of rotatable bonds is 2. The van der Waals surface area contributed by atoms with Crippen molar-refractivity contribution in [2.75, 3.05) is 0 Å². The highest BCUT2D eigenvalue weighted by molar-refractivity contribution is 5.99. The number of benzene rings is 1. The molecule has 0 atom stereocenters. The molecule has 0 unspecified atom stereocenters. The van der Waals surface area contributed by atoms with Crippen LogP contribution in [0.3, 0.4) is 0 Å². The van der Waals surface area contributed by atoms with Gasteiger partial charge in [-0.15, -0.1) is 0 Å². The molecule has 0 bridgehead atoms. The van der Waals surface area contributed by atoms with Crippen LogP contribution in [0, 0.1) is 0 Å². The molecule has 0 spiro atoms. The first-order valence-corrected chi connectivity index (χ1v) is 4.58. The molecule has 1 heterocycles. The van der Waals surface area contributed by atoms with Gasteiger partial charge in [-0.3, -0.25) is 9.78 Å². The van der Waals surface area contributed by atoms with Crippen LogP contribution in [-0.4, -0.2) is 10.9 Å². The van der Waals surface area contributed by atoms with Crippen LogP contribution >= 0.6 is 0 Å². The number of nitrogens with zero attached hydrogens (tertiary/aromatic N) is 1. The average Bonchev–Trinajstić information content (AvgIpc) is 2.30. The van der Waals surface area contributed by atoms with Crippen LogP contribution in [-0.2, 0) is 0 Å². The normalized spacial score (nSPS) is 9.87. The molecular formula is C12H10N2O. The van der Waals surface area contributed by atoms with E-state index in [1.807, 2.05) is 24.3 Å². The standard InChI is InChI=1S/C12H10N2O/c13-12(15)11-4-2-1-3-10(11)9-5-7-14-8-6-9/h1-8H,(H2,13,15). The molecule has 74 valence electrons. The molecule has 2 rings (SSSR count). The van der Waals surface area contributed by atoms with Crippen molar-refractivity contribution in [3.05, 3.63) is 54.4 Å². The quantitative estimate of drug-likeness (QED) is 0.800. The molecular weight excluding hydrogens is 188 g/mol. The number of pyridine rings is 1. The number of nitrogens with two attached hydrogens (primary N) is 1. The van der Waals surface area contributed by atoms with E-state index < -0.39 is 5.91 Å². The molecule has 3 nitrogen and oxygen atoms in total. The fourth-order valence-corrected chi connectivity index (χ4v) is 1.48. The van der Waals surface area contributed by atoms with Crippen molar-refractivity contribution in [1.82, 2.24) is 4.98 Å². The zero-order chi connectivity index (χ0) is 10.7. The van der Waals surface area contributed by atoms with Gasteiger partial charge < -0.3 is 5.73 Å². The zero-order valence-electron chi connectivity index (χ0n) is 8.05. The molecule has 2 N–H and O–H groups in total. The van der Waals surface area contributed by atoms with Crippen LogP contribution < -0.4 is 5.73 Å². The number of carbonyl (C=O) groups is 1. The fourth-order valence-electron chi connectivity index (χ4n) is 1.48. The third-order valence-electron chi connectivity index (χ3n) is 2.18. The highest BCUT2D eigenvalue weighted by atomic mass is 16.1. The third kappa shape index (κ3) is 1.86. The second kappa shape index (κ2) is 3.92. The van der Waals surface area contributed by atoms with E-state index in [2.05, 4.69) is 4.98 Å². The maximum atomic E-state index is 11.2. The Kier molecular flexibility index (Phi) is 2.46. The monoisotopic (exact) mass is 198 g/mol. The first-order valence-electron chi connectivity index (χ1n) is 4.58. The third-order valence-corrected chi connectivity index (χ3v) is 2.18. The van der Waals surface area contributed by atoms with Crippen molar-refractivity contribution in [2.24, 2.45) is 5.73 Å². The number of aromatic nitrogens is 1. The molecule has 2 aromatic rings. The van der Waals surface area contributed by atoms with E-state index >= 15 is 0 Å². The molecule has 0 aliphatic carbocycles. The number of hydrogen-bond donors (Lipinski definition) is 1. The van der Waals surface area contributed by atoms with Gasteiger partial charge in [-0.2, -0.15) is 0 Å². The van der Waals surface area contributed by atoms with E-state index in [4.69, 9.17) is 5.73 Å². The van der Waals surface area contributed by atoms with Crippen LogP contribution in [0.1, 0.15) is 10.4 Å². The highest BCUT2D eigenvalue weighted by Crippen LogP contribution is 2.22. The van der Waals surface area contributed by atoms with Gasteiger partial charge in [0.1, 0.15) is 0 Å². The predicted molar refractivity (Wildman–Crippen MR) is 58.2 cm³/mol. The van der Waals surface area contributed by atoms with Crippen LogP contribution in [0.2, 0.25) is 0 Å². The van der Waals surface area contributed by atoms with Gasteiger partial charge in [-0.05, 0) is 29.3 Å². The molecule has 0 aliphatic heterocycles. The van der Waals surface area contributed by atoms with E-state index in [0.717, 1.165) is 11.1 Å². The fraction of sp³-hybridized carbons (Fsp3) is 0. The van der Waals surface area contributed by atoms with Gasteiger partial charge in [0, 0.05) is 18.0 Å². The van der Waals surface area contributed by atoms with E-state index in [1.165, 1.54) is 0 Å². The molecule has 3 heteroatoms. The zero-order valence-corrected chi connectivity index (χ0v) is 8.05. The van der Waals surface area contributed by atoms with Gasteiger partial charge in [0.05, 0.1) is 0 Å². The first kappa shape index (κ1) is 9.40. The minimum Gasteiger partial charge on any atom is -0.366 e. The van der Waals surface area contributed by atoms with Gasteiger partial charge in [0.25, 0.3) is 0 Å². The summed E-state index contributed by atoms with van der Waals surface area (Å²) in [5.41, 5.74) is 7.61. The summed E-state index contributed by atoms with van der Waals surface area (Å²) in [7, 11) is 0. The molecule has 0 saturated carbocycles. The first-order chi connectivity index (χ1) is 7.29. The summed E-state index contributed by atoms with van der Waals surface area (Å²) >= 11 is 0. The Hall–Kier alpha value is -2.16. The molecule has 0 fully saturated rings. The summed E-state index contributed by atoms with van der Waals surface area (Å²) < 4.78 is 0. The topological polar surface area (TPSA) is 56.0 Å². The van der Waals surface area contributed by atoms with Crippen LogP contribution in [0.25, 0.3) is 11.1 Å². The number of amides is 1. The smallest absolute Gasteiger partial charge is 0.249 e. The minimum absolute atomic E-state index is 0.414. The average molecular weight is 198 g/mol. The molecule has 1 aromatic carbocycles. The van der Waals surface area contributed by atoms with Gasteiger partial charge in [0.2, 0.25) is 5.91 Å². The summed E-state index contributed by atoms with van der Waals surface area (Å²) in [5, 5.41) is 0. The lowest BCUT2D eigenvalue weighted by Gasteiger charge is -2.05. The maximum Gasteiger partial charge on any atom is 0.249 e. The lowest BCUT2D eigenvalue weighted by molar-refractivity contribution is 0.100. The van der Waals surface area contributed by atoms with Gasteiger partial charge in [0.15, 0.2) is 0 Å². The predicted octanol–water partition coefficient (Wildman–Crippen LogP) is 1.85. The summed E-state index contributed by atoms with van der Waals surface area (Å²) in [6, 6.07) is 11.0.